The first-order chi connectivity index (χ1) is 8.34. The molecule has 0 fully saturated rings. The molecule has 0 heterocycles. The van der Waals surface area contributed by atoms with Crippen molar-refractivity contribution in [2.45, 2.75) is 19.9 Å². The van der Waals surface area contributed by atoms with Crippen LogP contribution < -0.4 is 5.32 Å². The van der Waals surface area contributed by atoms with Crippen molar-refractivity contribution in [1.29, 1.82) is 0 Å². The van der Waals surface area contributed by atoms with Crippen LogP contribution in [0.4, 0.5) is 4.39 Å². The first-order valence-corrected chi connectivity index (χ1v) is 5.70. The van der Waals surface area contributed by atoms with Gasteiger partial charge < -0.3 is 10.4 Å². The summed E-state index contributed by atoms with van der Waals surface area (Å²) in [4.78, 5) is 22.7. The number of carboxylic acids is 1. The topological polar surface area (TPSA) is 66.4 Å². The van der Waals surface area contributed by atoms with Gasteiger partial charge in [-0.05, 0) is 18.1 Å². The molecule has 0 saturated carbocycles. The lowest BCUT2D eigenvalue weighted by Gasteiger charge is -2.18. The fraction of sp³-hybridized carbons (Fsp3) is 0.333. The second-order valence-electron chi connectivity index (χ2n) is 4.13. The summed E-state index contributed by atoms with van der Waals surface area (Å²) in [6.07, 6.45) is 0. The van der Waals surface area contributed by atoms with Gasteiger partial charge >= 0.3 is 5.97 Å². The zero-order chi connectivity index (χ0) is 13.9. The zero-order valence-corrected chi connectivity index (χ0v) is 10.7. The number of halogens is 2. The summed E-state index contributed by atoms with van der Waals surface area (Å²) in [5, 5.41) is 11.0. The van der Waals surface area contributed by atoms with Crippen LogP contribution in [0.5, 0.6) is 0 Å². The molecule has 0 saturated heterocycles. The number of carbonyl (C=O) groups excluding carboxylic acids is 1. The quantitative estimate of drug-likeness (QED) is 0.885. The van der Waals surface area contributed by atoms with Gasteiger partial charge in [0.05, 0.1) is 10.6 Å². The van der Waals surface area contributed by atoms with Crippen molar-refractivity contribution < 1.29 is 19.1 Å². The molecule has 4 nitrogen and oxygen atoms in total. The standard InChI is InChI=1S/C12H13ClFNO3/c1-6(2)10(12(17)18)15-11(16)7-4-3-5-8(13)9(7)14/h3-6,10H,1-2H3,(H,15,16)(H,17,18)/t10-/m1/s1. The number of benzene rings is 1. The molecule has 0 radical (unpaired) electrons. The Morgan fingerprint density at radius 3 is 2.50 bits per heavy atom. The number of rotatable bonds is 4. The maximum atomic E-state index is 13.6. The monoisotopic (exact) mass is 273 g/mol. The van der Waals surface area contributed by atoms with Gasteiger partial charge in [-0.2, -0.15) is 0 Å². The molecule has 98 valence electrons. The number of amides is 1. The molecule has 2 N–H and O–H groups in total. The Balaban J connectivity index is 2.94. The smallest absolute Gasteiger partial charge is 0.326 e. The van der Waals surface area contributed by atoms with E-state index in [1.54, 1.807) is 13.8 Å². The van der Waals surface area contributed by atoms with E-state index in [4.69, 9.17) is 16.7 Å². The first kappa shape index (κ1) is 14.4. The molecule has 0 aromatic heterocycles. The normalized spacial score (nSPS) is 12.3. The highest BCUT2D eigenvalue weighted by atomic mass is 35.5. The molecule has 1 aromatic rings. The van der Waals surface area contributed by atoms with Crippen LogP contribution in [0.3, 0.4) is 0 Å². The third kappa shape index (κ3) is 3.20. The zero-order valence-electron chi connectivity index (χ0n) is 9.91. The number of aliphatic carboxylic acids is 1. The van der Waals surface area contributed by atoms with Crippen LogP contribution in [0.15, 0.2) is 18.2 Å². The molecule has 1 rings (SSSR count). The van der Waals surface area contributed by atoms with Crippen LogP contribution in [0.25, 0.3) is 0 Å². The van der Waals surface area contributed by atoms with Gasteiger partial charge in [0.25, 0.3) is 5.91 Å². The molecule has 0 unspecified atom stereocenters. The van der Waals surface area contributed by atoms with E-state index in [0.29, 0.717) is 0 Å². The van der Waals surface area contributed by atoms with Crippen molar-refractivity contribution in [2.75, 3.05) is 0 Å². The van der Waals surface area contributed by atoms with E-state index < -0.39 is 23.7 Å². The number of hydrogen-bond acceptors (Lipinski definition) is 2. The number of nitrogens with one attached hydrogen (secondary N) is 1. The summed E-state index contributed by atoms with van der Waals surface area (Å²) >= 11 is 5.55. The number of carboxylic acid groups (broad SMARTS) is 1. The van der Waals surface area contributed by atoms with E-state index in [1.807, 2.05) is 0 Å². The third-order valence-electron chi connectivity index (χ3n) is 2.42. The molecular weight excluding hydrogens is 261 g/mol. The maximum Gasteiger partial charge on any atom is 0.326 e. The van der Waals surface area contributed by atoms with Crippen molar-refractivity contribution >= 4 is 23.5 Å². The largest absolute Gasteiger partial charge is 0.480 e. The highest BCUT2D eigenvalue weighted by Gasteiger charge is 2.25. The van der Waals surface area contributed by atoms with Crippen molar-refractivity contribution in [1.82, 2.24) is 5.32 Å². The van der Waals surface area contributed by atoms with E-state index in [-0.39, 0.29) is 16.5 Å². The summed E-state index contributed by atoms with van der Waals surface area (Å²) in [5.41, 5.74) is -0.269. The molecule has 0 aliphatic heterocycles. The van der Waals surface area contributed by atoms with E-state index in [2.05, 4.69) is 5.32 Å². The van der Waals surface area contributed by atoms with Gasteiger partial charge in [-0.15, -0.1) is 0 Å². The SMILES string of the molecule is CC(C)[C@@H](NC(=O)c1cccc(Cl)c1F)C(=O)O. The Labute approximate surface area is 109 Å². The van der Waals surface area contributed by atoms with Gasteiger partial charge in [-0.3, -0.25) is 4.79 Å². The summed E-state index contributed by atoms with van der Waals surface area (Å²) in [7, 11) is 0. The Kier molecular flexibility index (Phi) is 4.67. The van der Waals surface area contributed by atoms with E-state index in [0.717, 1.165) is 0 Å². The first-order valence-electron chi connectivity index (χ1n) is 5.32. The van der Waals surface area contributed by atoms with Gasteiger partial charge in [0.2, 0.25) is 0 Å². The second kappa shape index (κ2) is 5.82. The van der Waals surface area contributed by atoms with Crippen LogP contribution in [-0.4, -0.2) is 23.0 Å². The molecule has 0 aliphatic carbocycles. The number of hydrogen-bond donors (Lipinski definition) is 2. The highest BCUT2D eigenvalue weighted by Crippen LogP contribution is 2.18. The minimum absolute atomic E-state index is 0.181. The van der Waals surface area contributed by atoms with Crippen LogP contribution in [0.2, 0.25) is 5.02 Å². The van der Waals surface area contributed by atoms with Gasteiger partial charge in [-0.25, -0.2) is 9.18 Å². The summed E-state index contributed by atoms with van der Waals surface area (Å²) in [6, 6.07) is 2.90. The molecule has 1 aromatic carbocycles. The third-order valence-corrected chi connectivity index (χ3v) is 2.71. The lowest BCUT2D eigenvalue weighted by atomic mass is 10.0. The van der Waals surface area contributed by atoms with Crippen LogP contribution in [-0.2, 0) is 4.79 Å². The molecule has 0 aliphatic rings. The second-order valence-corrected chi connectivity index (χ2v) is 4.54. The number of carbonyl (C=O) groups is 2. The average Bonchev–Trinajstić information content (AvgIpc) is 2.28. The summed E-state index contributed by atoms with van der Waals surface area (Å²) < 4.78 is 13.6. The molecule has 1 atom stereocenters. The molecule has 6 heteroatoms. The van der Waals surface area contributed by atoms with Gasteiger partial charge in [0.15, 0.2) is 5.82 Å². The van der Waals surface area contributed by atoms with Crippen molar-refractivity contribution in [3.05, 3.63) is 34.6 Å². The van der Waals surface area contributed by atoms with Crippen LogP contribution in [0, 0.1) is 11.7 Å². The Morgan fingerprint density at radius 2 is 2.00 bits per heavy atom. The molecule has 0 bridgehead atoms. The van der Waals surface area contributed by atoms with Gasteiger partial charge in [0.1, 0.15) is 6.04 Å². The molecular formula is C12H13ClFNO3. The fourth-order valence-corrected chi connectivity index (χ4v) is 1.59. The molecule has 1 amide bonds. The summed E-state index contributed by atoms with van der Waals surface area (Å²) in [5.74, 6) is -3.13. The van der Waals surface area contributed by atoms with E-state index >= 15 is 0 Å². The van der Waals surface area contributed by atoms with Gasteiger partial charge in [-0.1, -0.05) is 31.5 Å². The van der Waals surface area contributed by atoms with Crippen LogP contribution in [0.1, 0.15) is 24.2 Å². The lowest BCUT2D eigenvalue weighted by molar-refractivity contribution is -0.140. The van der Waals surface area contributed by atoms with E-state index in [1.165, 1.54) is 18.2 Å². The highest BCUT2D eigenvalue weighted by molar-refractivity contribution is 6.31. The average molecular weight is 274 g/mol. The van der Waals surface area contributed by atoms with Crippen molar-refractivity contribution in [3.63, 3.8) is 0 Å². The molecule has 18 heavy (non-hydrogen) atoms. The minimum Gasteiger partial charge on any atom is -0.480 e. The fourth-order valence-electron chi connectivity index (χ4n) is 1.41. The van der Waals surface area contributed by atoms with Crippen molar-refractivity contribution in [2.24, 2.45) is 5.92 Å². The Bertz CT molecular complexity index is 476. The predicted molar refractivity (Wildman–Crippen MR) is 65.1 cm³/mol. The molecule has 0 spiro atoms. The predicted octanol–water partition coefficient (Wildman–Crippen LogP) is 2.32. The van der Waals surface area contributed by atoms with Gasteiger partial charge in [0, 0.05) is 0 Å². The van der Waals surface area contributed by atoms with Crippen LogP contribution >= 0.6 is 11.6 Å². The summed E-state index contributed by atoms with van der Waals surface area (Å²) in [6.45, 7) is 3.29. The van der Waals surface area contributed by atoms with Crippen molar-refractivity contribution in [3.8, 4) is 0 Å². The Hall–Kier alpha value is -1.62. The Morgan fingerprint density at radius 1 is 1.39 bits per heavy atom. The van der Waals surface area contributed by atoms with E-state index in [9.17, 15) is 14.0 Å². The minimum atomic E-state index is -1.17. The maximum absolute atomic E-state index is 13.6. The lowest BCUT2D eigenvalue weighted by Crippen LogP contribution is -2.44.